The van der Waals surface area contributed by atoms with Crippen LogP contribution in [-0.2, 0) is 32.2 Å². The number of methoxy groups -OCH3 is 1. The lowest BCUT2D eigenvalue weighted by atomic mass is 10.1. The number of benzene rings is 2. The first-order valence-corrected chi connectivity index (χ1v) is 9.58. The molecule has 2 aromatic rings. The minimum Gasteiger partial charge on any atom is -0.467 e. The fourth-order valence-electron chi connectivity index (χ4n) is 2.57. The molecule has 2 aromatic carbocycles. The number of hydrogen-bond donors (Lipinski definition) is 2. The van der Waals surface area contributed by atoms with Gasteiger partial charge in [-0.1, -0.05) is 60.7 Å². The van der Waals surface area contributed by atoms with E-state index >= 15 is 0 Å². The normalized spacial score (nSPS) is 11.1. The van der Waals surface area contributed by atoms with E-state index < -0.39 is 24.2 Å². The number of rotatable bonds is 10. The lowest BCUT2D eigenvalue weighted by molar-refractivity contribution is -0.143. The largest absolute Gasteiger partial charge is 0.467 e. The van der Waals surface area contributed by atoms with Crippen LogP contribution in [0.25, 0.3) is 0 Å². The van der Waals surface area contributed by atoms with E-state index in [-0.39, 0.29) is 26.2 Å². The number of nitrogens with one attached hydrogen (secondary N) is 2. The van der Waals surface area contributed by atoms with Gasteiger partial charge in [0.05, 0.1) is 7.11 Å². The standard InChI is InChI=1S/C22H26N2O6/c1-28-20(25)19(24-22(27)30-16-18-11-6-3-7-12-18)13-8-14-23-21(26)29-15-17-9-4-2-5-10-17/h2-7,9-12,19H,8,13-16H2,1H3,(H,23,26)(H,24,27)/t19-/m0/s1. The first kappa shape index (κ1) is 22.7. The molecule has 0 unspecified atom stereocenters. The van der Waals surface area contributed by atoms with E-state index in [2.05, 4.69) is 10.6 Å². The molecule has 160 valence electrons. The third kappa shape index (κ3) is 8.64. The molecule has 0 saturated carbocycles. The minimum absolute atomic E-state index is 0.0926. The van der Waals surface area contributed by atoms with Crippen LogP contribution in [0.1, 0.15) is 24.0 Å². The molecule has 1 atom stereocenters. The second kappa shape index (κ2) is 12.8. The molecule has 8 nitrogen and oxygen atoms in total. The fraction of sp³-hybridized carbons (Fsp3) is 0.318. The van der Waals surface area contributed by atoms with Crippen molar-refractivity contribution >= 4 is 18.2 Å². The van der Waals surface area contributed by atoms with Crippen LogP contribution in [-0.4, -0.2) is 37.9 Å². The number of carbonyl (C=O) groups excluding carboxylic acids is 3. The smallest absolute Gasteiger partial charge is 0.408 e. The zero-order valence-electron chi connectivity index (χ0n) is 16.8. The van der Waals surface area contributed by atoms with Gasteiger partial charge < -0.3 is 24.8 Å². The van der Waals surface area contributed by atoms with Crippen molar-refractivity contribution in [2.45, 2.75) is 32.1 Å². The average Bonchev–Trinajstić information content (AvgIpc) is 2.79. The maximum Gasteiger partial charge on any atom is 0.408 e. The summed E-state index contributed by atoms with van der Waals surface area (Å²) in [7, 11) is 1.24. The molecule has 2 rings (SSSR count). The van der Waals surface area contributed by atoms with Crippen LogP contribution < -0.4 is 10.6 Å². The number of amides is 2. The molecule has 0 aliphatic carbocycles. The first-order chi connectivity index (χ1) is 14.6. The van der Waals surface area contributed by atoms with E-state index in [4.69, 9.17) is 14.2 Å². The van der Waals surface area contributed by atoms with Crippen LogP contribution in [0.15, 0.2) is 60.7 Å². The van der Waals surface area contributed by atoms with Crippen molar-refractivity contribution < 1.29 is 28.6 Å². The highest BCUT2D eigenvalue weighted by Crippen LogP contribution is 2.04. The quantitative estimate of drug-likeness (QED) is 0.352. The van der Waals surface area contributed by atoms with Gasteiger partial charge in [0.25, 0.3) is 0 Å². The molecule has 0 fully saturated rings. The number of hydrogen-bond acceptors (Lipinski definition) is 6. The molecule has 30 heavy (non-hydrogen) atoms. The Hall–Kier alpha value is -3.55. The topological polar surface area (TPSA) is 103 Å². The Bertz CT molecular complexity index is 798. The Morgan fingerprint density at radius 3 is 1.90 bits per heavy atom. The Morgan fingerprint density at radius 1 is 0.833 bits per heavy atom. The molecule has 2 N–H and O–H groups in total. The molecule has 2 amide bonds. The second-order valence-electron chi connectivity index (χ2n) is 6.41. The molecule has 0 heterocycles. The monoisotopic (exact) mass is 414 g/mol. The minimum atomic E-state index is -0.875. The lowest BCUT2D eigenvalue weighted by Crippen LogP contribution is -2.42. The van der Waals surface area contributed by atoms with Gasteiger partial charge in [0.2, 0.25) is 0 Å². The summed E-state index contributed by atoms with van der Waals surface area (Å²) in [6, 6.07) is 17.6. The molecule has 0 bridgehead atoms. The molecule has 0 aromatic heterocycles. The Kier molecular flexibility index (Phi) is 9.72. The highest BCUT2D eigenvalue weighted by molar-refractivity contribution is 5.81. The zero-order valence-corrected chi connectivity index (χ0v) is 16.8. The highest BCUT2D eigenvalue weighted by Gasteiger charge is 2.22. The summed E-state index contributed by atoms with van der Waals surface area (Å²) in [5.74, 6) is -0.585. The molecule has 0 radical (unpaired) electrons. The van der Waals surface area contributed by atoms with Gasteiger partial charge in [-0.3, -0.25) is 0 Å². The summed E-state index contributed by atoms with van der Waals surface area (Å²) in [6.45, 7) is 0.545. The van der Waals surface area contributed by atoms with Crippen molar-refractivity contribution in [3.63, 3.8) is 0 Å². The molecule has 0 aliphatic rings. The van der Waals surface area contributed by atoms with E-state index in [9.17, 15) is 14.4 Å². The Morgan fingerprint density at radius 2 is 1.37 bits per heavy atom. The number of carbonyl (C=O) groups is 3. The Balaban J connectivity index is 1.67. The van der Waals surface area contributed by atoms with E-state index in [1.165, 1.54) is 7.11 Å². The van der Waals surface area contributed by atoms with Crippen LogP contribution in [0.2, 0.25) is 0 Å². The van der Waals surface area contributed by atoms with Gasteiger partial charge in [-0.05, 0) is 24.0 Å². The highest BCUT2D eigenvalue weighted by atomic mass is 16.6. The van der Waals surface area contributed by atoms with Crippen molar-refractivity contribution in [1.29, 1.82) is 0 Å². The third-order valence-corrected chi connectivity index (χ3v) is 4.14. The zero-order chi connectivity index (χ0) is 21.6. The van der Waals surface area contributed by atoms with E-state index in [1.807, 2.05) is 60.7 Å². The van der Waals surface area contributed by atoms with Crippen LogP contribution in [0.5, 0.6) is 0 Å². The lowest BCUT2D eigenvalue weighted by Gasteiger charge is -2.16. The maximum absolute atomic E-state index is 12.0. The van der Waals surface area contributed by atoms with Gasteiger partial charge in [0.1, 0.15) is 19.3 Å². The predicted octanol–water partition coefficient (Wildman–Crippen LogP) is 3.16. The van der Waals surface area contributed by atoms with Crippen LogP contribution in [0.4, 0.5) is 9.59 Å². The van der Waals surface area contributed by atoms with Crippen molar-refractivity contribution in [3.05, 3.63) is 71.8 Å². The van der Waals surface area contributed by atoms with Crippen molar-refractivity contribution in [2.75, 3.05) is 13.7 Å². The van der Waals surface area contributed by atoms with Gasteiger partial charge in [0.15, 0.2) is 0 Å². The third-order valence-electron chi connectivity index (χ3n) is 4.14. The van der Waals surface area contributed by atoms with Crippen molar-refractivity contribution in [1.82, 2.24) is 10.6 Å². The van der Waals surface area contributed by atoms with Crippen molar-refractivity contribution in [2.24, 2.45) is 0 Å². The molecule has 0 aliphatic heterocycles. The van der Waals surface area contributed by atoms with E-state index in [0.29, 0.717) is 6.42 Å². The average molecular weight is 414 g/mol. The summed E-state index contributed by atoms with van der Waals surface area (Å²) in [6.07, 6.45) is -0.571. The van der Waals surface area contributed by atoms with Gasteiger partial charge in [-0.2, -0.15) is 0 Å². The summed E-state index contributed by atoms with van der Waals surface area (Å²) in [5, 5.41) is 5.10. The summed E-state index contributed by atoms with van der Waals surface area (Å²) in [5.41, 5.74) is 1.72. The second-order valence-corrected chi connectivity index (χ2v) is 6.41. The van der Waals surface area contributed by atoms with E-state index in [0.717, 1.165) is 11.1 Å². The summed E-state index contributed by atoms with van der Waals surface area (Å²) < 4.78 is 15.0. The molecular formula is C22H26N2O6. The predicted molar refractivity (Wildman–Crippen MR) is 109 cm³/mol. The number of ether oxygens (including phenoxy) is 3. The first-order valence-electron chi connectivity index (χ1n) is 9.58. The van der Waals surface area contributed by atoms with Crippen LogP contribution in [0, 0.1) is 0 Å². The van der Waals surface area contributed by atoms with Gasteiger partial charge in [-0.25, -0.2) is 14.4 Å². The Labute approximate surface area is 175 Å². The van der Waals surface area contributed by atoms with Crippen molar-refractivity contribution in [3.8, 4) is 0 Å². The number of esters is 1. The van der Waals surface area contributed by atoms with E-state index in [1.54, 1.807) is 0 Å². The van der Waals surface area contributed by atoms with Gasteiger partial charge in [0, 0.05) is 6.54 Å². The molecule has 0 spiro atoms. The van der Waals surface area contributed by atoms with Gasteiger partial charge >= 0.3 is 18.2 Å². The van der Waals surface area contributed by atoms with Gasteiger partial charge in [-0.15, -0.1) is 0 Å². The number of alkyl carbamates (subject to hydrolysis) is 2. The van der Waals surface area contributed by atoms with Crippen LogP contribution >= 0.6 is 0 Å². The molecule has 0 saturated heterocycles. The molecular weight excluding hydrogens is 388 g/mol. The summed E-state index contributed by atoms with van der Waals surface area (Å²) >= 11 is 0. The fourth-order valence-corrected chi connectivity index (χ4v) is 2.57. The maximum atomic E-state index is 12.0. The SMILES string of the molecule is COC(=O)[C@H](CCCNC(=O)OCc1ccccc1)NC(=O)OCc1ccccc1. The van der Waals surface area contributed by atoms with Crippen LogP contribution in [0.3, 0.4) is 0 Å². The summed E-state index contributed by atoms with van der Waals surface area (Å²) in [4.78, 5) is 35.6. The molecule has 8 heteroatoms.